The minimum atomic E-state index is -0.449. The lowest BCUT2D eigenvalue weighted by Crippen LogP contribution is -2.47. The number of benzene rings is 2. The SMILES string of the molecule is CN1CCN(C(=O)c2ccc(Cl)c(NC(=S)NC(=O)c3sc4cc(Cl)ccc4c3Cl)c2)CC1. The second-order valence-corrected chi connectivity index (χ2v) is 10.3. The van der Waals surface area contributed by atoms with Crippen LogP contribution in [0, 0.1) is 0 Å². The first kappa shape index (κ1) is 24.2. The Morgan fingerprint density at radius 1 is 1.03 bits per heavy atom. The predicted octanol–water partition coefficient (Wildman–Crippen LogP) is 5.38. The molecule has 2 N–H and O–H groups in total. The highest BCUT2D eigenvalue weighted by molar-refractivity contribution is 7.80. The lowest BCUT2D eigenvalue weighted by molar-refractivity contribution is 0.0664. The maximum atomic E-state index is 12.9. The number of carbonyl (C=O) groups excluding carboxylic acids is 2. The van der Waals surface area contributed by atoms with Gasteiger partial charge >= 0.3 is 0 Å². The summed E-state index contributed by atoms with van der Waals surface area (Å²) in [4.78, 5) is 30.0. The number of thiocarbonyl (C=S) groups is 1. The van der Waals surface area contributed by atoms with E-state index in [1.165, 1.54) is 11.3 Å². The summed E-state index contributed by atoms with van der Waals surface area (Å²) in [5.41, 5.74) is 0.918. The fourth-order valence-corrected chi connectivity index (χ4v) is 5.50. The number of fused-ring (bicyclic) bond motifs is 1. The molecular weight excluding hydrogens is 523 g/mol. The molecule has 3 aromatic rings. The van der Waals surface area contributed by atoms with Crippen molar-refractivity contribution < 1.29 is 9.59 Å². The Kier molecular flexibility index (Phi) is 7.43. The average molecular weight is 542 g/mol. The van der Waals surface area contributed by atoms with Gasteiger partial charge in [0, 0.05) is 46.9 Å². The van der Waals surface area contributed by atoms with E-state index in [0.29, 0.717) is 44.3 Å². The molecule has 0 spiro atoms. The molecule has 1 aliphatic heterocycles. The molecular formula is C22H19Cl3N4O2S2. The molecule has 11 heteroatoms. The van der Waals surface area contributed by atoms with E-state index in [0.717, 1.165) is 23.2 Å². The maximum absolute atomic E-state index is 12.9. The second-order valence-electron chi connectivity index (χ2n) is 7.58. The van der Waals surface area contributed by atoms with Gasteiger partial charge in [-0.15, -0.1) is 11.3 Å². The van der Waals surface area contributed by atoms with Crippen LogP contribution in [0.5, 0.6) is 0 Å². The van der Waals surface area contributed by atoms with Crippen LogP contribution in [0.1, 0.15) is 20.0 Å². The Balaban J connectivity index is 1.46. The molecule has 1 fully saturated rings. The monoisotopic (exact) mass is 540 g/mol. The van der Waals surface area contributed by atoms with E-state index < -0.39 is 5.91 Å². The molecule has 33 heavy (non-hydrogen) atoms. The molecule has 2 aromatic carbocycles. The van der Waals surface area contributed by atoms with Gasteiger partial charge in [-0.2, -0.15) is 0 Å². The molecule has 0 aliphatic carbocycles. The normalized spacial score (nSPS) is 14.4. The first-order valence-electron chi connectivity index (χ1n) is 10.00. The molecule has 4 rings (SSSR count). The molecule has 1 aliphatic rings. The number of hydrogen-bond acceptors (Lipinski definition) is 5. The summed E-state index contributed by atoms with van der Waals surface area (Å²) >= 11 is 25.2. The predicted molar refractivity (Wildman–Crippen MR) is 140 cm³/mol. The van der Waals surface area contributed by atoms with E-state index in [1.807, 2.05) is 11.9 Å². The summed E-state index contributed by atoms with van der Waals surface area (Å²) in [7, 11) is 2.03. The van der Waals surface area contributed by atoms with Crippen LogP contribution in [0.3, 0.4) is 0 Å². The van der Waals surface area contributed by atoms with Gasteiger partial charge in [-0.1, -0.05) is 40.9 Å². The topological polar surface area (TPSA) is 64.7 Å². The number of hydrogen-bond donors (Lipinski definition) is 2. The van der Waals surface area contributed by atoms with Gasteiger partial charge in [0.1, 0.15) is 4.88 Å². The summed E-state index contributed by atoms with van der Waals surface area (Å²) in [5, 5.41) is 7.58. The first-order valence-corrected chi connectivity index (χ1v) is 12.4. The van der Waals surface area contributed by atoms with Crippen molar-refractivity contribution in [1.29, 1.82) is 0 Å². The quantitative estimate of drug-likeness (QED) is 0.436. The summed E-state index contributed by atoms with van der Waals surface area (Å²) in [6.45, 7) is 2.98. The molecule has 0 atom stereocenters. The van der Waals surface area contributed by atoms with Crippen LogP contribution in [0.4, 0.5) is 5.69 Å². The third-order valence-corrected chi connectivity index (χ3v) is 7.70. The van der Waals surface area contributed by atoms with E-state index >= 15 is 0 Å². The van der Waals surface area contributed by atoms with Crippen molar-refractivity contribution in [3.63, 3.8) is 0 Å². The number of amides is 2. The molecule has 0 saturated carbocycles. The third-order valence-electron chi connectivity index (χ3n) is 5.28. The Bertz CT molecular complexity index is 1260. The van der Waals surface area contributed by atoms with Crippen LogP contribution in [0.25, 0.3) is 10.1 Å². The number of likely N-dealkylation sites (N-methyl/N-ethyl adjacent to an activating group) is 1. The van der Waals surface area contributed by atoms with Crippen LogP contribution in [-0.2, 0) is 0 Å². The lowest BCUT2D eigenvalue weighted by atomic mass is 10.1. The number of nitrogens with zero attached hydrogens (tertiary/aromatic N) is 2. The Labute approximate surface area is 215 Å². The third kappa shape index (κ3) is 5.42. The van der Waals surface area contributed by atoms with Gasteiger partial charge in [0.05, 0.1) is 15.7 Å². The zero-order valence-electron chi connectivity index (χ0n) is 17.5. The molecule has 0 radical (unpaired) electrons. The van der Waals surface area contributed by atoms with Crippen molar-refractivity contribution >= 4 is 91.1 Å². The van der Waals surface area contributed by atoms with Gasteiger partial charge < -0.3 is 15.1 Å². The van der Waals surface area contributed by atoms with Gasteiger partial charge in [-0.25, -0.2) is 0 Å². The number of anilines is 1. The molecule has 2 amide bonds. The molecule has 6 nitrogen and oxygen atoms in total. The fraction of sp³-hybridized carbons (Fsp3) is 0.227. The fourth-order valence-electron chi connectivity index (χ4n) is 3.44. The number of thiophene rings is 1. The smallest absolute Gasteiger partial charge is 0.269 e. The van der Waals surface area contributed by atoms with Crippen LogP contribution in [0.15, 0.2) is 36.4 Å². The Morgan fingerprint density at radius 2 is 1.76 bits per heavy atom. The molecule has 0 bridgehead atoms. The van der Waals surface area contributed by atoms with Crippen LogP contribution in [0.2, 0.25) is 15.1 Å². The highest BCUT2D eigenvalue weighted by Crippen LogP contribution is 2.36. The van der Waals surface area contributed by atoms with Crippen molar-refractivity contribution in [2.75, 3.05) is 38.5 Å². The van der Waals surface area contributed by atoms with Gasteiger partial charge in [0.15, 0.2) is 5.11 Å². The van der Waals surface area contributed by atoms with Crippen LogP contribution in [-0.4, -0.2) is 60.0 Å². The number of halogens is 3. The first-order chi connectivity index (χ1) is 15.7. The minimum absolute atomic E-state index is 0.0395. The Morgan fingerprint density at radius 3 is 2.48 bits per heavy atom. The zero-order chi connectivity index (χ0) is 23.7. The average Bonchev–Trinajstić information content (AvgIpc) is 3.11. The molecule has 1 aromatic heterocycles. The maximum Gasteiger partial charge on any atom is 0.269 e. The Hall–Kier alpha value is -1.94. The number of piperazine rings is 1. The number of rotatable bonds is 3. The highest BCUT2D eigenvalue weighted by Gasteiger charge is 2.22. The summed E-state index contributed by atoms with van der Waals surface area (Å²) in [6.07, 6.45) is 0. The van der Waals surface area contributed by atoms with E-state index in [9.17, 15) is 9.59 Å². The van der Waals surface area contributed by atoms with Gasteiger partial charge in [0.2, 0.25) is 0 Å². The minimum Gasteiger partial charge on any atom is -0.336 e. The van der Waals surface area contributed by atoms with Crippen LogP contribution < -0.4 is 10.6 Å². The van der Waals surface area contributed by atoms with E-state index in [2.05, 4.69) is 15.5 Å². The van der Waals surface area contributed by atoms with Crippen LogP contribution >= 0.6 is 58.4 Å². The van der Waals surface area contributed by atoms with Gasteiger partial charge in [0.25, 0.3) is 11.8 Å². The highest BCUT2D eigenvalue weighted by atomic mass is 35.5. The van der Waals surface area contributed by atoms with Crippen molar-refractivity contribution in [2.45, 2.75) is 0 Å². The molecule has 1 saturated heterocycles. The largest absolute Gasteiger partial charge is 0.336 e. The van der Waals surface area contributed by atoms with Crippen molar-refractivity contribution in [1.82, 2.24) is 15.1 Å². The van der Waals surface area contributed by atoms with Gasteiger partial charge in [-0.05, 0) is 49.6 Å². The standard InChI is InChI=1S/C22H19Cl3N4O2S2/c1-28-6-8-29(9-7-28)21(31)12-2-5-15(24)16(10-12)26-22(32)27-20(30)19-18(25)14-4-3-13(23)11-17(14)33-19/h2-5,10-11H,6-9H2,1H3,(H2,26,27,30,32). The van der Waals surface area contributed by atoms with Crippen molar-refractivity contribution in [3.05, 3.63) is 61.9 Å². The zero-order valence-corrected chi connectivity index (χ0v) is 21.4. The lowest BCUT2D eigenvalue weighted by Gasteiger charge is -2.32. The molecule has 0 unspecified atom stereocenters. The summed E-state index contributed by atoms with van der Waals surface area (Å²) < 4.78 is 0.801. The molecule has 172 valence electrons. The van der Waals surface area contributed by atoms with Crippen molar-refractivity contribution in [2.24, 2.45) is 0 Å². The number of nitrogens with one attached hydrogen (secondary N) is 2. The summed E-state index contributed by atoms with van der Waals surface area (Å²) in [5.74, 6) is -0.524. The van der Waals surface area contributed by atoms with E-state index in [-0.39, 0.29) is 11.0 Å². The van der Waals surface area contributed by atoms with E-state index in [1.54, 1.807) is 36.4 Å². The molecule has 2 heterocycles. The number of carbonyl (C=O) groups is 2. The van der Waals surface area contributed by atoms with Gasteiger partial charge in [-0.3, -0.25) is 14.9 Å². The second kappa shape index (κ2) is 10.1. The van der Waals surface area contributed by atoms with Crippen molar-refractivity contribution in [3.8, 4) is 0 Å². The van der Waals surface area contributed by atoms with E-state index in [4.69, 9.17) is 47.0 Å². The summed E-state index contributed by atoms with van der Waals surface area (Å²) in [6, 6.07) is 10.2.